The lowest BCUT2D eigenvalue weighted by Crippen LogP contribution is -2.43. The fraction of sp³-hybridized carbons (Fsp3) is 0.727. The van der Waals surface area contributed by atoms with Gasteiger partial charge in [-0.1, -0.05) is 12.2 Å². The Morgan fingerprint density at radius 2 is 2.40 bits per heavy atom. The molecular weight excluding hydrogens is 194 g/mol. The van der Waals surface area contributed by atoms with Crippen molar-refractivity contribution in [2.45, 2.75) is 31.8 Å². The first-order valence-corrected chi connectivity index (χ1v) is 5.30. The van der Waals surface area contributed by atoms with Gasteiger partial charge in [-0.15, -0.1) is 0 Å². The zero-order valence-electron chi connectivity index (χ0n) is 9.07. The lowest BCUT2D eigenvalue weighted by molar-refractivity contribution is -0.123. The molecule has 2 unspecified atom stereocenters. The number of allylic oxidation sites excluding steroid dienone is 2. The minimum atomic E-state index is -1.22. The summed E-state index contributed by atoms with van der Waals surface area (Å²) >= 11 is 0. The number of nitrogens with one attached hydrogen (secondary N) is 1. The third kappa shape index (κ3) is 4.44. The van der Waals surface area contributed by atoms with E-state index in [9.17, 15) is 9.90 Å². The normalized spacial score (nSPS) is 23.8. The quantitative estimate of drug-likeness (QED) is 0.571. The molecule has 0 bridgehead atoms. The molecule has 4 nitrogen and oxygen atoms in total. The smallest absolute Gasteiger partial charge is 0.220 e. The number of hydrogen-bond donors (Lipinski definition) is 3. The monoisotopic (exact) mass is 213 g/mol. The number of aliphatic hydroxyl groups excluding tert-OH is 1. The molecule has 0 aromatic heterocycles. The second kappa shape index (κ2) is 5.28. The number of carbonyl (C=O) groups excluding carboxylic acids is 1. The molecular formula is C11H19NO3. The van der Waals surface area contributed by atoms with Crippen LogP contribution in [0.3, 0.4) is 0 Å². The van der Waals surface area contributed by atoms with Gasteiger partial charge in [0.1, 0.15) is 5.60 Å². The van der Waals surface area contributed by atoms with Crippen LogP contribution in [0.2, 0.25) is 0 Å². The van der Waals surface area contributed by atoms with Gasteiger partial charge < -0.3 is 15.5 Å². The molecule has 0 aromatic rings. The van der Waals surface area contributed by atoms with Crippen LogP contribution in [0.15, 0.2) is 12.2 Å². The molecule has 1 aliphatic rings. The number of rotatable bonds is 5. The van der Waals surface area contributed by atoms with Gasteiger partial charge in [-0.25, -0.2) is 0 Å². The topological polar surface area (TPSA) is 69.6 Å². The Morgan fingerprint density at radius 3 is 2.93 bits per heavy atom. The third-order valence-corrected chi connectivity index (χ3v) is 2.57. The first kappa shape index (κ1) is 12.2. The summed E-state index contributed by atoms with van der Waals surface area (Å²) in [6.07, 6.45) is 6.69. The molecule has 86 valence electrons. The molecule has 1 aliphatic carbocycles. The van der Waals surface area contributed by atoms with Crippen LogP contribution in [0.4, 0.5) is 0 Å². The van der Waals surface area contributed by atoms with E-state index in [0.29, 0.717) is 12.3 Å². The average Bonchev–Trinajstić information content (AvgIpc) is 2.68. The fourth-order valence-electron chi connectivity index (χ4n) is 1.52. The number of amides is 1. The molecule has 4 heteroatoms. The Hall–Kier alpha value is -0.870. The first-order valence-electron chi connectivity index (χ1n) is 5.30. The molecule has 0 heterocycles. The molecule has 0 fully saturated rings. The second-order valence-corrected chi connectivity index (χ2v) is 4.40. The Kier molecular flexibility index (Phi) is 4.29. The van der Waals surface area contributed by atoms with Crippen molar-refractivity contribution in [2.75, 3.05) is 13.2 Å². The van der Waals surface area contributed by atoms with E-state index in [-0.39, 0.29) is 19.1 Å². The molecule has 0 spiro atoms. The van der Waals surface area contributed by atoms with Crippen LogP contribution in [0, 0.1) is 5.92 Å². The molecule has 2 atom stereocenters. The first-order chi connectivity index (χ1) is 7.03. The lowest BCUT2D eigenvalue weighted by Gasteiger charge is -2.21. The van der Waals surface area contributed by atoms with Gasteiger partial charge in [-0.3, -0.25) is 4.79 Å². The summed E-state index contributed by atoms with van der Waals surface area (Å²) in [5, 5.41) is 20.9. The van der Waals surface area contributed by atoms with Crippen LogP contribution in [0.1, 0.15) is 26.2 Å². The zero-order chi connectivity index (χ0) is 11.3. The van der Waals surface area contributed by atoms with Crippen LogP contribution in [0.25, 0.3) is 0 Å². The highest BCUT2D eigenvalue weighted by Crippen LogP contribution is 2.19. The number of hydrogen-bond acceptors (Lipinski definition) is 3. The molecule has 0 aromatic carbocycles. The minimum absolute atomic E-state index is 0.0692. The van der Waals surface area contributed by atoms with Gasteiger partial charge in [0.25, 0.3) is 0 Å². The lowest BCUT2D eigenvalue weighted by atomic mass is 10.0. The van der Waals surface area contributed by atoms with Gasteiger partial charge in [0.05, 0.1) is 6.61 Å². The molecule has 0 saturated carbocycles. The molecule has 0 saturated heterocycles. The van der Waals surface area contributed by atoms with E-state index in [2.05, 4.69) is 17.5 Å². The maximum absolute atomic E-state index is 11.4. The highest BCUT2D eigenvalue weighted by molar-refractivity contribution is 5.76. The van der Waals surface area contributed by atoms with Gasteiger partial charge in [0.2, 0.25) is 5.91 Å². The van der Waals surface area contributed by atoms with E-state index in [4.69, 9.17) is 5.11 Å². The minimum Gasteiger partial charge on any atom is -0.393 e. The van der Waals surface area contributed by atoms with E-state index in [0.717, 1.165) is 12.8 Å². The predicted molar refractivity (Wildman–Crippen MR) is 57.2 cm³/mol. The van der Waals surface area contributed by atoms with Crippen LogP contribution < -0.4 is 5.32 Å². The predicted octanol–water partition coefficient (Wildman–Crippen LogP) is 0.202. The maximum atomic E-state index is 11.4. The van der Waals surface area contributed by atoms with Crippen molar-refractivity contribution in [3.8, 4) is 0 Å². The van der Waals surface area contributed by atoms with Crippen LogP contribution in [0.5, 0.6) is 0 Å². The SMILES string of the molecule is CC(O)(CO)CNC(=O)CC1C=CCC1. The summed E-state index contributed by atoms with van der Waals surface area (Å²) < 4.78 is 0. The Balaban J connectivity index is 2.21. The van der Waals surface area contributed by atoms with Crippen molar-refractivity contribution in [3.05, 3.63) is 12.2 Å². The number of carbonyl (C=O) groups is 1. The molecule has 1 rings (SSSR count). The van der Waals surface area contributed by atoms with Crippen molar-refractivity contribution in [3.63, 3.8) is 0 Å². The van der Waals surface area contributed by atoms with E-state index < -0.39 is 5.60 Å². The Labute approximate surface area is 90.0 Å². The average molecular weight is 213 g/mol. The van der Waals surface area contributed by atoms with Gasteiger partial charge in [0, 0.05) is 13.0 Å². The highest BCUT2D eigenvalue weighted by Gasteiger charge is 2.21. The standard InChI is InChI=1S/C11H19NO3/c1-11(15,8-13)7-12-10(14)6-9-4-2-3-5-9/h2,4,9,13,15H,3,5-8H2,1H3,(H,12,14). The van der Waals surface area contributed by atoms with Crippen molar-refractivity contribution < 1.29 is 15.0 Å². The Bertz CT molecular complexity index is 248. The molecule has 15 heavy (non-hydrogen) atoms. The van der Waals surface area contributed by atoms with Crippen molar-refractivity contribution in [1.29, 1.82) is 0 Å². The van der Waals surface area contributed by atoms with Crippen molar-refractivity contribution >= 4 is 5.91 Å². The van der Waals surface area contributed by atoms with Crippen molar-refractivity contribution in [1.82, 2.24) is 5.32 Å². The zero-order valence-corrected chi connectivity index (χ0v) is 9.07. The molecule has 0 aliphatic heterocycles. The summed E-state index contributed by atoms with van der Waals surface area (Å²) in [5.41, 5.74) is -1.22. The van der Waals surface area contributed by atoms with Gasteiger partial charge in [-0.05, 0) is 25.7 Å². The van der Waals surface area contributed by atoms with Crippen LogP contribution in [-0.2, 0) is 4.79 Å². The Morgan fingerprint density at radius 1 is 1.67 bits per heavy atom. The summed E-state index contributed by atoms with van der Waals surface area (Å²) in [6, 6.07) is 0. The van der Waals surface area contributed by atoms with Crippen LogP contribution >= 0.6 is 0 Å². The van der Waals surface area contributed by atoms with Crippen molar-refractivity contribution in [2.24, 2.45) is 5.92 Å². The summed E-state index contributed by atoms with van der Waals surface area (Å²) in [5.74, 6) is 0.268. The fourth-order valence-corrected chi connectivity index (χ4v) is 1.52. The maximum Gasteiger partial charge on any atom is 0.220 e. The van der Waals surface area contributed by atoms with E-state index in [1.807, 2.05) is 0 Å². The summed E-state index contributed by atoms with van der Waals surface area (Å²) in [4.78, 5) is 11.4. The summed E-state index contributed by atoms with van der Waals surface area (Å²) in [7, 11) is 0. The highest BCUT2D eigenvalue weighted by atomic mass is 16.3. The van der Waals surface area contributed by atoms with Crippen LogP contribution in [-0.4, -0.2) is 34.9 Å². The molecule has 0 radical (unpaired) electrons. The number of aliphatic hydroxyl groups is 2. The van der Waals surface area contributed by atoms with Gasteiger partial charge in [0.15, 0.2) is 0 Å². The molecule has 3 N–H and O–H groups in total. The van der Waals surface area contributed by atoms with Gasteiger partial charge in [-0.2, -0.15) is 0 Å². The van der Waals surface area contributed by atoms with Gasteiger partial charge >= 0.3 is 0 Å². The molecule has 1 amide bonds. The largest absolute Gasteiger partial charge is 0.393 e. The second-order valence-electron chi connectivity index (χ2n) is 4.40. The van der Waals surface area contributed by atoms with E-state index >= 15 is 0 Å². The van der Waals surface area contributed by atoms with E-state index in [1.54, 1.807) is 0 Å². The summed E-state index contributed by atoms with van der Waals surface area (Å²) in [6.45, 7) is 1.23. The third-order valence-electron chi connectivity index (χ3n) is 2.57. The van der Waals surface area contributed by atoms with E-state index in [1.165, 1.54) is 6.92 Å².